The monoisotopic (exact) mass is 297 g/mol. The fourth-order valence-corrected chi connectivity index (χ4v) is 2.17. The van der Waals surface area contributed by atoms with Crippen LogP contribution >= 0.6 is 0 Å². The van der Waals surface area contributed by atoms with Gasteiger partial charge >= 0.3 is 0 Å². The van der Waals surface area contributed by atoms with Gasteiger partial charge in [0.2, 0.25) is 17.5 Å². The van der Waals surface area contributed by atoms with E-state index in [2.05, 4.69) is 15.1 Å². The van der Waals surface area contributed by atoms with Crippen LogP contribution in [0.25, 0.3) is 11.4 Å². The van der Waals surface area contributed by atoms with Crippen molar-refractivity contribution in [2.75, 3.05) is 6.61 Å². The van der Waals surface area contributed by atoms with E-state index in [1.54, 1.807) is 6.07 Å². The van der Waals surface area contributed by atoms with Gasteiger partial charge in [0.15, 0.2) is 11.5 Å². The van der Waals surface area contributed by atoms with Crippen LogP contribution in [0.1, 0.15) is 12.0 Å². The fourth-order valence-electron chi connectivity index (χ4n) is 2.17. The van der Waals surface area contributed by atoms with E-state index in [1.807, 2.05) is 24.3 Å². The summed E-state index contributed by atoms with van der Waals surface area (Å²) >= 11 is 0. The van der Waals surface area contributed by atoms with Crippen LogP contribution in [0.4, 0.5) is 0 Å². The maximum Gasteiger partial charge on any atom is 0.271 e. The summed E-state index contributed by atoms with van der Waals surface area (Å²) in [7, 11) is 0. The first-order chi connectivity index (χ1) is 10.8. The summed E-state index contributed by atoms with van der Waals surface area (Å²) in [5.74, 6) is 2.05. The Labute approximate surface area is 124 Å². The van der Waals surface area contributed by atoms with Gasteiger partial charge in [-0.05, 0) is 18.2 Å². The van der Waals surface area contributed by atoms with E-state index >= 15 is 0 Å². The lowest BCUT2D eigenvalue weighted by Crippen LogP contribution is -2.21. The molecule has 4 rings (SSSR count). The Morgan fingerprint density at radius 3 is 2.82 bits per heavy atom. The van der Waals surface area contributed by atoms with Crippen molar-refractivity contribution in [3.63, 3.8) is 0 Å². The highest BCUT2D eigenvalue weighted by Gasteiger charge is 2.27. The second-order valence-electron chi connectivity index (χ2n) is 4.76. The number of benzene rings is 1. The molecule has 0 aliphatic carbocycles. The van der Waals surface area contributed by atoms with Gasteiger partial charge in [-0.2, -0.15) is 4.98 Å². The van der Waals surface area contributed by atoms with Crippen LogP contribution in [0.5, 0.6) is 11.5 Å². The molecule has 3 heterocycles. The average Bonchev–Trinajstić information content (AvgIpc) is 3.05. The molecule has 0 saturated carbocycles. The number of rotatable bonds is 2. The Morgan fingerprint density at radius 1 is 1.14 bits per heavy atom. The largest absolute Gasteiger partial charge is 0.485 e. The quantitative estimate of drug-likeness (QED) is 0.777. The van der Waals surface area contributed by atoms with Gasteiger partial charge in [-0.25, -0.2) is 0 Å². The highest BCUT2D eigenvalue weighted by Crippen LogP contribution is 2.35. The summed E-state index contributed by atoms with van der Waals surface area (Å²) in [6.45, 7) is 0.296. The molecule has 2 aromatic heterocycles. The smallest absolute Gasteiger partial charge is 0.271 e. The number of fused-ring (bicyclic) bond motifs is 1. The summed E-state index contributed by atoms with van der Waals surface area (Å²) in [6, 6.07) is 10.4. The zero-order valence-corrected chi connectivity index (χ0v) is 11.4. The Balaban J connectivity index is 1.60. The zero-order valence-electron chi connectivity index (χ0n) is 11.4. The molecule has 7 nitrogen and oxygen atoms in total. The summed E-state index contributed by atoms with van der Waals surface area (Å²) in [6.07, 6.45) is 1.07. The molecule has 0 radical (unpaired) electrons. The van der Waals surface area contributed by atoms with Gasteiger partial charge in [0.05, 0.1) is 0 Å². The molecular formula is C15H11N3O4. The van der Waals surface area contributed by atoms with E-state index in [-0.39, 0.29) is 5.56 Å². The Morgan fingerprint density at radius 2 is 2.00 bits per heavy atom. The van der Waals surface area contributed by atoms with E-state index in [4.69, 9.17) is 14.0 Å². The third kappa shape index (κ3) is 2.22. The number of ether oxygens (including phenoxy) is 2. The predicted molar refractivity (Wildman–Crippen MR) is 75.7 cm³/mol. The van der Waals surface area contributed by atoms with Gasteiger partial charge in [-0.1, -0.05) is 17.3 Å². The Kier molecular flexibility index (Phi) is 2.89. The van der Waals surface area contributed by atoms with Crippen molar-refractivity contribution in [1.82, 2.24) is 15.1 Å². The molecule has 1 aromatic carbocycles. The van der Waals surface area contributed by atoms with Crippen LogP contribution in [-0.4, -0.2) is 21.7 Å². The lowest BCUT2D eigenvalue weighted by Gasteiger charge is -2.23. The first-order valence-corrected chi connectivity index (χ1v) is 6.71. The van der Waals surface area contributed by atoms with Crippen molar-refractivity contribution in [3.05, 3.63) is 58.8 Å². The highest BCUT2D eigenvalue weighted by atomic mass is 16.6. The van der Waals surface area contributed by atoms with E-state index in [0.29, 0.717) is 35.4 Å². The number of aromatic amines is 1. The van der Waals surface area contributed by atoms with Gasteiger partial charge in [0.1, 0.15) is 6.61 Å². The topological polar surface area (TPSA) is 90.2 Å². The molecule has 110 valence electrons. The number of aromatic nitrogens is 3. The van der Waals surface area contributed by atoms with Crippen LogP contribution in [0.3, 0.4) is 0 Å². The maximum absolute atomic E-state index is 11.1. The normalized spacial score (nSPS) is 16.5. The third-order valence-corrected chi connectivity index (χ3v) is 3.27. The van der Waals surface area contributed by atoms with Crippen molar-refractivity contribution in [3.8, 4) is 22.9 Å². The fraction of sp³-hybridized carbons (Fsp3) is 0.133. The van der Waals surface area contributed by atoms with Crippen LogP contribution in [-0.2, 0) is 0 Å². The molecule has 0 spiro atoms. The van der Waals surface area contributed by atoms with Crippen LogP contribution in [0.2, 0.25) is 0 Å². The number of nitrogens with zero attached hydrogens (tertiary/aromatic N) is 2. The molecule has 1 aliphatic heterocycles. The maximum atomic E-state index is 11.1. The molecular weight excluding hydrogens is 286 g/mol. The number of nitrogens with one attached hydrogen (secondary N) is 1. The number of para-hydroxylation sites is 2. The minimum Gasteiger partial charge on any atom is -0.485 e. The molecule has 7 heteroatoms. The van der Waals surface area contributed by atoms with Gasteiger partial charge in [-0.3, -0.25) is 4.79 Å². The van der Waals surface area contributed by atoms with Gasteiger partial charge < -0.3 is 19.0 Å². The van der Waals surface area contributed by atoms with Crippen molar-refractivity contribution in [2.24, 2.45) is 0 Å². The zero-order chi connectivity index (χ0) is 14.9. The molecule has 1 atom stereocenters. The molecule has 0 saturated heterocycles. The summed E-state index contributed by atoms with van der Waals surface area (Å²) in [5.41, 5.74) is 0.472. The number of pyridine rings is 1. The van der Waals surface area contributed by atoms with Crippen molar-refractivity contribution in [1.29, 1.82) is 0 Å². The minimum atomic E-state index is -0.459. The lowest BCUT2D eigenvalue weighted by atomic mass is 10.2. The number of hydrogen-bond donors (Lipinski definition) is 1. The van der Waals surface area contributed by atoms with Crippen molar-refractivity contribution < 1.29 is 14.0 Å². The Bertz CT molecular complexity index is 850. The molecule has 3 aromatic rings. The van der Waals surface area contributed by atoms with E-state index < -0.39 is 6.10 Å². The molecule has 0 bridgehead atoms. The third-order valence-electron chi connectivity index (χ3n) is 3.27. The molecule has 1 N–H and O–H groups in total. The predicted octanol–water partition coefficient (Wildman–Crippen LogP) is 1.94. The summed E-state index contributed by atoms with van der Waals surface area (Å²) in [5, 5.41) is 3.90. The molecule has 0 fully saturated rings. The number of hydrogen-bond acceptors (Lipinski definition) is 6. The van der Waals surface area contributed by atoms with Gasteiger partial charge in [0.25, 0.3) is 5.89 Å². The second-order valence-corrected chi connectivity index (χ2v) is 4.76. The van der Waals surface area contributed by atoms with Crippen LogP contribution in [0.15, 0.2) is 51.9 Å². The van der Waals surface area contributed by atoms with Crippen LogP contribution in [0, 0.1) is 0 Å². The summed E-state index contributed by atoms with van der Waals surface area (Å²) in [4.78, 5) is 17.9. The molecule has 1 unspecified atom stereocenters. The van der Waals surface area contributed by atoms with E-state index in [0.717, 1.165) is 0 Å². The number of H-pyrrole nitrogens is 1. The van der Waals surface area contributed by atoms with E-state index in [9.17, 15) is 4.79 Å². The SMILES string of the molecule is O=c1ccc(-c2noc(C3COc4ccccc4O3)n2)c[nH]1. The summed E-state index contributed by atoms with van der Waals surface area (Å²) < 4.78 is 16.7. The van der Waals surface area contributed by atoms with Crippen molar-refractivity contribution in [2.45, 2.75) is 6.10 Å². The average molecular weight is 297 g/mol. The molecule has 0 amide bonds. The van der Waals surface area contributed by atoms with Gasteiger partial charge in [-0.15, -0.1) is 0 Å². The Hall–Kier alpha value is -3.09. The first-order valence-electron chi connectivity index (χ1n) is 6.71. The second kappa shape index (κ2) is 5.03. The van der Waals surface area contributed by atoms with Gasteiger partial charge in [0, 0.05) is 17.8 Å². The minimum absolute atomic E-state index is 0.187. The lowest BCUT2D eigenvalue weighted by molar-refractivity contribution is 0.0665. The molecule has 1 aliphatic rings. The first kappa shape index (κ1) is 12.6. The van der Waals surface area contributed by atoms with Crippen LogP contribution < -0.4 is 15.0 Å². The molecule has 22 heavy (non-hydrogen) atoms. The van der Waals surface area contributed by atoms with E-state index in [1.165, 1.54) is 12.3 Å². The highest BCUT2D eigenvalue weighted by molar-refractivity contribution is 5.52. The standard InChI is InChI=1S/C15H11N3O4/c19-13-6-5-9(7-16-13)14-17-15(22-18-14)12-8-20-10-3-1-2-4-11(10)21-12/h1-7,12H,8H2,(H,16,19). The van der Waals surface area contributed by atoms with Crippen molar-refractivity contribution >= 4 is 0 Å².